The number of allylic oxidation sites excluding steroid dienone is 18. The van der Waals surface area contributed by atoms with Gasteiger partial charge in [0.25, 0.3) is 0 Å². The first-order valence-corrected chi connectivity index (χ1v) is 30.9. The molecule has 12 nitrogen and oxygen atoms in total. The zero-order valence-electron chi connectivity index (χ0n) is 49.3. The highest BCUT2D eigenvalue weighted by atomic mass is 16.7. The van der Waals surface area contributed by atoms with Gasteiger partial charge in [0.1, 0.15) is 18.8 Å². The van der Waals surface area contributed by atoms with Crippen LogP contribution in [0.3, 0.4) is 0 Å². The smallest absolute Gasteiger partial charge is 0.335 e. The number of aliphatic hydroxyl groups excluding tert-OH is 2. The zero-order valence-corrected chi connectivity index (χ0v) is 49.3. The van der Waals surface area contributed by atoms with E-state index in [1.54, 1.807) is 0 Å². The summed E-state index contributed by atoms with van der Waals surface area (Å²) in [5.74, 6) is -3.27. The van der Waals surface area contributed by atoms with Gasteiger partial charge in [0.2, 0.25) is 0 Å². The maximum Gasteiger partial charge on any atom is 0.335 e. The van der Waals surface area contributed by atoms with Gasteiger partial charge >= 0.3 is 23.9 Å². The molecule has 1 heterocycles. The Balaban J connectivity index is 2.74. The van der Waals surface area contributed by atoms with Crippen LogP contribution >= 0.6 is 0 Å². The maximum absolute atomic E-state index is 13.2. The topological polar surface area (TPSA) is 175 Å². The first-order chi connectivity index (χ1) is 38.6. The molecule has 6 atom stereocenters. The standard InChI is InChI=1S/C67H108O12/c1-4-7-10-13-16-19-22-25-28-29-30-31-34-37-40-43-46-49-52-55-61(70)78-65-63(72)62(71)64(66(73)74)79-67(65)76-57-58(77-60(69)54-51-48-45-42-39-36-33-27-24-21-18-15-12-9-6-3)56-75-59(68)53-50-47-44-41-38-35-32-26-23-20-17-14-11-8-5-2/h7,10,16-17,19-20,25-28,30-33,37,40,46,49,58,62-65,67,71-72H,4-6,8-9,11-15,18,21-24,29,34-36,38-39,41-45,47-48,50-57H2,1-3H3,(H,73,74)/b10-7-,19-16-,20-17-,28-25-,31-30-,32-26-,33-27-,40-37-,49-46-. The highest BCUT2D eigenvalue weighted by molar-refractivity contribution is 5.74. The molecule has 0 bridgehead atoms. The number of unbranched alkanes of at least 4 members (excludes halogenated alkanes) is 19. The van der Waals surface area contributed by atoms with Crippen molar-refractivity contribution < 1.29 is 58.2 Å². The summed E-state index contributed by atoms with van der Waals surface area (Å²) in [6.45, 7) is 5.80. The average molecular weight is 1110 g/mol. The quantitative estimate of drug-likeness (QED) is 0.0228. The third-order valence-electron chi connectivity index (χ3n) is 13.3. The summed E-state index contributed by atoms with van der Waals surface area (Å²) in [5, 5.41) is 31.5. The van der Waals surface area contributed by atoms with Crippen molar-refractivity contribution in [2.24, 2.45) is 0 Å². The lowest BCUT2D eigenvalue weighted by Crippen LogP contribution is -2.61. The minimum atomic E-state index is -1.94. The molecule has 1 saturated heterocycles. The normalized spacial score (nSPS) is 18.6. The molecule has 0 saturated carbocycles. The average Bonchev–Trinajstić information content (AvgIpc) is 3.44. The Morgan fingerprint density at radius 1 is 0.430 bits per heavy atom. The van der Waals surface area contributed by atoms with Gasteiger partial charge in [0.05, 0.1) is 6.61 Å². The largest absolute Gasteiger partial charge is 0.479 e. The van der Waals surface area contributed by atoms with Crippen LogP contribution in [0.2, 0.25) is 0 Å². The highest BCUT2D eigenvalue weighted by Gasteiger charge is 2.50. The van der Waals surface area contributed by atoms with Crippen molar-refractivity contribution in [1.29, 1.82) is 0 Å². The highest BCUT2D eigenvalue weighted by Crippen LogP contribution is 2.26. The summed E-state index contributed by atoms with van der Waals surface area (Å²) in [4.78, 5) is 51.2. The Bertz CT molecular complexity index is 1790. The number of ether oxygens (including phenoxy) is 5. The third-order valence-corrected chi connectivity index (χ3v) is 13.3. The van der Waals surface area contributed by atoms with E-state index in [0.717, 1.165) is 116 Å². The molecule has 3 N–H and O–H groups in total. The van der Waals surface area contributed by atoms with E-state index in [4.69, 9.17) is 23.7 Å². The second-order valence-electron chi connectivity index (χ2n) is 20.6. The Morgan fingerprint density at radius 3 is 1.30 bits per heavy atom. The maximum atomic E-state index is 13.2. The Labute approximate surface area is 478 Å². The first-order valence-electron chi connectivity index (χ1n) is 30.9. The lowest BCUT2D eigenvalue weighted by atomic mass is 9.98. The minimum Gasteiger partial charge on any atom is -0.479 e. The van der Waals surface area contributed by atoms with Gasteiger partial charge < -0.3 is 39.0 Å². The molecule has 12 heteroatoms. The van der Waals surface area contributed by atoms with Crippen molar-refractivity contribution in [3.63, 3.8) is 0 Å². The molecule has 0 amide bonds. The van der Waals surface area contributed by atoms with Gasteiger partial charge in [-0.25, -0.2) is 4.79 Å². The monoisotopic (exact) mass is 1100 g/mol. The van der Waals surface area contributed by atoms with E-state index in [0.29, 0.717) is 25.7 Å². The molecule has 79 heavy (non-hydrogen) atoms. The molecule has 0 aromatic rings. The summed E-state index contributed by atoms with van der Waals surface area (Å²) >= 11 is 0. The fraction of sp³-hybridized carbons (Fsp3) is 0.672. The van der Waals surface area contributed by atoms with Crippen molar-refractivity contribution in [2.75, 3.05) is 13.2 Å². The van der Waals surface area contributed by atoms with Crippen LogP contribution < -0.4 is 0 Å². The van der Waals surface area contributed by atoms with E-state index in [2.05, 4.69) is 112 Å². The van der Waals surface area contributed by atoms with E-state index < -0.39 is 67.3 Å². The van der Waals surface area contributed by atoms with Crippen molar-refractivity contribution in [3.05, 3.63) is 109 Å². The van der Waals surface area contributed by atoms with Crippen LogP contribution in [0.4, 0.5) is 0 Å². The predicted molar refractivity (Wildman–Crippen MR) is 321 cm³/mol. The molecule has 0 aliphatic carbocycles. The predicted octanol–water partition coefficient (Wildman–Crippen LogP) is 16.2. The minimum absolute atomic E-state index is 0.0716. The van der Waals surface area contributed by atoms with Crippen molar-refractivity contribution >= 4 is 23.9 Å². The van der Waals surface area contributed by atoms with E-state index in [-0.39, 0.29) is 25.9 Å². The Hall–Kier alpha value is -4.62. The molecule has 448 valence electrons. The number of carboxylic acid groups (broad SMARTS) is 1. The van der Waals surface area contributed by atoms with Gasteiger partial charge in [-0.2, -0.15) is 0 Å². The van der Waals surface area contributed by atoms with Crippen LogP contribution in [0, 0.1) is 0 Å². The summed E-state index contributed by atoms with van der Waals surface area (Å²) in [7, 11) is 0. The lowest BCUT2D eigenvalue weighted by molar-refractivity contribution is -0.301. The fourth-order valence-corrected chi connectivity index (χ4v) is 8.59. The zero-order chi connectivity index (χ0) is 57.5. The van der Waals surface area contributed by atoms with Crippen molar-refractivity contribution in [3.8, 4) is 0 Å². The number of carboxylic acids is 1. The van der Waals surface area contributed by atoms with E-state index >= 15 is 0 Å². The lowest BCUT2D eigenvalue weighted by Gasteiger charge is -2.40. The van der Waals surface area contributed by atoms with Gasteiger partial charge in [0.15, 0.2) is 24.6 Å². The van der Waals surface area contributed by atoms with E-state index in [1.165, 1.54) is 57.8 Å². The number of carbonyl (C=O) groups is 4. The van der Waals surface area contributed by atoms with Crippen LogP contribution in [0.25, 0.3) is 0 Å². The molecule has 1 aliphatic heterocycles. The molecule has 0 aromatic heterocycles. The summed E-state index contributed by atoms with van der Waals surface area (Å²) in [5.41, 5.74) is 0. The second kappa shape index (κ2) is 54.0. The van der Waals surface area contributed by atoms with Gasteiger partial charge in [0, 0.05) is 19.3 Å². The van der Waals surface area contributed by atoms with Crippen molar-refractivity contribution in [2.45, 2.75) is 276 Å². The number of rotatable bonds is 51. The van der Waals surface area contributed by atoms with E-state index in [9.17, 15) is 34.5 Å². The van der Waals surface area contributed by atoms with Crippen LogP contribution in [0.5, 0.6) is 0 Å². The molecule has 6 unspecified atom stereocenters. The summed E-state index contributed by atoms with van der Waals surface area (Å²) < 4.78 is 28.4. The van der Waals surface area contributed by atoms with Gasteiger partial charge in [-0.05, 0) is 116 Å². The van der Waals surface area contributed by atoms with Crippen LogP contribution in [-0.4, -0.2) is 89.2 Å². The molecule has 0 radical (unpaired) electrons. The molecule has 0 aromatic carbocycles. The fourth-order valence-electron chi connectivity index (χ4n) is 8.59. The summed E-state index contributed by atoms with van der Waals surface area (Å²) in [6, 6.07) is 0. The number of hydrogen-bond acceptors (Lipinski definition) is 11. The summed E-state index contributed by atoms with van der Waals surface area (Å²) in [6.07, 6.45) is 60.6. The number of aliphatic carboxylic acids is 1. The molecule has 0 spiro atoms. The third kappa shape index (κ3) is 43.8. The van der Waals surface area contributed by atoms with Crippen LogP contribution in [0.1, 0.15) is 239 Å². The molecular weight excluding hydrogens is 997 g/mol. The molecular formula is C67H108O12. The van der Waals surface area contributed by atoms with E-state index in [1.807, 2.05) is 18.2 Å². The van der Waals surface area contributed by atoms with Gasteiger partial charge in [-0.1, -0.05) is 214 Å². The Morgan fingerprint density at radius 2 is 0.823 bits per heavy atom. The van der Waals surface area contributed by atoms with Gasteiger partial charge in [-0.3, -0.25) is 14.4 Å². The number of carbonyl (C=O) groups excluding carboxylic acids is 3. The van der Waals surface area contributed by atoms with Gasteiger partial charge in [-0.15, -0.1) is 0 Å². The van der Waals surface area contributed by atoms with Crippen LogP contribution in [0.15, 0.2) is 109 Å². The number of esters is 3. The molecule has 1 aliphatic rings. The second-order valence-corrected chi connectivity index (χ2v) is 20.6. The van der Waals surface area contributed by atoms with Crippen molar-refractivity contribution in [1.82, 2.24) is 0 Å². The first kappa shape index (κ1) is 72.4. The SMILES string of the molecule is CC/C=C\C/C=C\C/C=C\C/C=C\C/C=C\C/C=C\CCC(=O)OC1C(OCC(COC(=O)CCCCCCC/C=C\C/C=C\CCCCC)OC(=O)CCCCCCC/C=C\CCCCCCCC)OC(C(=O)O)C(O)C1O. The Kier molecular flexibility index (Phi) is 49.5. The van der Waals surface area contributed by atoms with Crippen LogP contribution in [-0.2, 0) is 42.9 Å². The molecule has 1 fully saturated rings. The molecule has 1 rings (SSSR count). The number of aliphatic hydroxyl groups is 2. The number of hydrogen-bond donors (Lipinski definition) is 3.